The van der Waals surface area contributed by atoms with Gasteiger partial charge in [-0.3, -0.25) is 0 Å². The van der Waals surface area contributed by atoms with Crippen LogP contribution in [0.1, 0.15) is 26.5 Å². The van der Waals surface area contributed by atoms with E-state index in [1.807, 2.05) is 26.8 Å². The van der Waals surface area contributed by atoms with E-state index in [0.29, 0.717) is 18.9 Å². The van der Waals surface area contributed by atoms with Gasteiger partial charge < -0.3 is 15.0 Å². The van der Waals surface area contributed by atoms with Crippen molar-refractivity contribution < 1.29 is 9.53 Å². The maximum absolute atomic E-state index is 11.8. The van der Waals surface area contributed by atoms with Gasteiger partial charge in [0.2, 0.25) is 0 Å². The van der Waals surface area contributed by atoms with Crippen LogP contribution in [0.25, 0.3) is 0 Å². The summed E-state index contributed by atoms with van der Waals surface area (Å²) >= 11 is 5.81. The van der Waals surface area contributed by atoms with Crippen LogP contribution >= 0.6 is 11.6 Å². The number of carbonyl (C=O) groups excluding carboxylic acids is 1. The van der Waals surface area contributed by atoms with Crippen LogP contribution < -0.4 is 5.32 Å². The molecule has 0 aliphatic carbocycles. The second kappa shape index (κ2) is 5.74. The van der Waals surface area contributed by atoms with Crippen LogP contribution in [0.3, 0.4) is 0 Å². The normalized spacial score (nSPS) is 15.1. The van der Waals surface area contributed by atoms with Crippen molar-refractivity contribution in [2.24, 2.45) is 0 Å². The molecule has 0 bridgehead atoms. The van der Waals surface area contributed by atoms with Gasteiger partial charge in [-0.1, -0.05) is 11.6 Å². The number of nitrogens with one attached hydrogen (secondary N) is 1. The lowest BCUT2D eigenvalue weighted by Gasteiger charge is -2.40. The number of ether oxygens (including phenoxy) is 1. The Balaban J connectivity index is 1.85. The molecule has 0 saturated carbocycles. The first kappa shape index (κ1) is 15.3. The summed E-state index contributed by atoms with van der Waals surface area (Å²) in [6, 6.07) is 1.91. The second-order valence-corrected chi connectivity index (χ2v) is 6.09. The highest BCUT2D eigenvalue weighted by atomic mass is 35.5. The first-order chi connectivity index (χ1) is 9.78. The van der Waals surface area contributed by atoms with Gasteiger partial charge in [0.25, 0.3) is 0 Å². The minimum absolute atomic E-state index is 0.0609. The lowest BCUT2D eigenvalue weighted by atomic mass is 10.1. The Morgan fingerprint density at radius 2 is 2.24 bits per heavy atom. The van der Waals surface area contributed by atoms with E-state index < -0.39 is 5.60 Å². The summed E-state index contributed by atoms with van der Waals surface area (Å²) in [6.07, 6.45) is 1.12. The molecule has 1 aliphatic rings. The van der Waals surface area contributed by atoms with Crippen molar-refractivity contribution in [3.8, 4) is 6.07 Å². The van der Waals surface area contributed by atoms with Gasteiger partial charge in [0.15, 0.2) is 10.8 Å². The van der Waals surface area contributed by atoms with Crippen LogP contribution in [0.4, 0.5) is 10.6 Å². The highest BCUT2D eigenvalue weighted by Crippen LogP contribution is 2.19. The van der Waals surface area contributed by atoms with E-state index in [0.717, 1.165) is 0 Å². The number of nitriles is 1. The van der Waals surface area contributed by atoms with Crippen molar-refractivity contribution in [1.82, 2.24) is 14.9 Å². The number of amides is 1. The van der Waals surface area contributed by atoms with Gasteiger partial charge in [-0.25, -0.2) is 14.8 Å². The largest absolute Gasteiger partial charge is 0.444 e. The Kier molecular flexibility index (Phi) is 4.19. The smallest absolute Gasteiger partial charge is 0.410 e. The molecular weight excluding hydrogens is 294 g/mol. The summed E-state index contributed by atoms with van der Waals surface area (Å²) in [5.41, 5.74) is -0.409. The van der Waals surface area contributed by atoms with E-state index in [9.17, 15) is 4.79 Å². The molecule has 1 aromatic rings. The maximum Gasteiger partial charge on any atom is 0.410 e. The number of carbonyl (C=O) groups is 1. The topological polar surface area (TPSA) is 91.1 Å². The Morgan fingerprint density at radius 1 is 1.57 bits per heavy atom. The average molecular weight is 310 g/mol. The molecule has 21 heavy (non-hydrogen) atoms. The van der Waals surface area contributed by atoms with Crippen molar-refractivity contribution in [3.63, 3.8) is 0 Å². The Bertz CT molecular complexity index is 587. The monoisotopic (exact) mass is 309 g/mol. The molecule has 0 aromatic carbocycles. The van der Waals surface area contributed by atoms with E-state index in [2.05, 4.69) is 15.3 Å². The molecule has 0 radical (unpaired) electrons. The number of hydrogen-bond donors (Lipinski definition) is 1. The fourth-order valence-electron chi connectivity index (χ4n) is 1.77. The van der Waals surface area contributed by atoms with Crippen molar-refractivity contribution >= 4 is 23.5 Å². The third-order valence-corrected chi connectivity index (χ3v) is 2.98. The van der Waals surface area contributed by atoms with Crippen LogP contribution in [0, 0.1) is 11.3 Å². The van der Waals surface area contributed by atoms with Crippen LogP contribution in [0.2, 0.25) is 5.15 Å². The summed E-state index contributed by atoms with van der Waals surface area (Å²) in [7, 11) is 0. The summed E-state index contributed by atoms with van der Waals surface area (Å²) in [6.45, 7) is 6.53. The lowest BCUT2D eigenvalue weighted by Crippen LogP contribution is -2.58. The van der Waals surface area contributed by atoms with Gasteiger partial charge >= 0.3 is 6.09 Å². The molecule has 2 rings (SSSR count). The minimum Gasteiger partial charge on any atom is -0.444 e. The van der Waals surface area contributed by atoms with Crippen LogP contribution in [-0.2, 0) is 4.74 Å². The number of hydrogen-bond acceptors (Lipinski definition) is 6. The molecule has 0 atom stereocenters. The van der Waals surface area contributed by atoms with Gasteiger partial charge in [0, 0.05) is 13.1 Å². The molecule has 1 saturated heterocycles. The molecule has 2 heterocycles. The molecule has 8 heteroatoms. The second-order valence-electron chi connectivity index (χ2n) is 5.73. The fraction of sp³-hybridized carbons (Fsp3) is 0.538. The molecule has 1 aromatic heterocycles. The molecule has 112 valence electrons. The Hall–Kier alpha value is -2.07. The number of anilines is 1. The number of aromatic nitrogens is 2. The predicted molar refractivity (Wildman–Crippen MR) is 77.0 cm³/mol. The molecular formula is C13H16ClN5O2. The quantitative estimate of drug-likeness (QED) is 0.899. The number of halogens is 1. The van der Waals surface area contributed by atoms with Gasteiger partial charge in [0.1, 0.15) is 17.5 Å². The van der Waals surface area contributed by atoms with Crippen LogP contribution in [0.5, 0.6) is 0 Å². The fourth-order valence-corrected chi connectivity index (χ4v) is 1.95. The standard InChI is InChI=1S/C13H16ClN5O2/c1-13(2,3)21-12(20)19-6-8(7-19)17-10-5-16-9(4-15)11(14)18-10/h5,8H,6-7H2,1-3H3,(H,17,18). The molecule has 1 amide bonds. The first-order valence-corrected chi connectivity index (χ1v) is 6.83. The van der Waals surface area contributed by atoms with Crippen molar-refractivity contribution in [2.45, 2.75) is 32.4 Å². The number of rotatable bonds is 2. The number of nitrogens with zero attached hydrogens (tertiary/aromatic N) is 4. The Morgan fingerprint density at radius 3 is 2.76 bits per heavy atom. The molecule has 1 fully saturated rings. The summed E-state index contributed by atoms with van der Waals surface area (Å²) in [5.74, 6) is 0.479. The van der Waals surface area contributed by atoms with Gasteiger partial charge in [-0.05, 0) is 20.8 Å². The number of likely N-dealkylation sites (tertiary alicyclic amines) is 1. The van der Waals surface area contributed by atoms with E-state index in [4.69, 9.17) is 21.6 Å². The first-order valence-electron chi connectivity index (χ1n) is 6.45. The van der Waals surface area contributed by atoms with Gasteiger partial charge in [-0.2, -0.15) is 5.26 Å². The third-order valence-electron chi connectivity index (χ3n) is 2.72. The third kappa shape index (κ3) is 3.95. The van der Waals surface area contributed by atoms with Crippen molar-refractivity contribution in [1.29, 1.82) is 5.26 Å². The SMILES string of the molecule is CC(C)(C)OC(=O)N1CC(Nc2cnc(C#N)c(Cl)n2)C1. The van der Waals surface area contributed by atoms with E-state index in [1.54, 1.807) is 4.90 Å². The predicted octanol–water partition coefficient (Wildman–Crippen LogP) is 2.03. The highest BCUT2D eigenvalue weighted by Gasteiger charge is 2.33. The van der Waals surface area contributed by atoms with Crippen LogP contribution in [0.15, 0.2) is 6.20 Å². The van der Waals surface area contributed by atoms with Gasteiger partial charge in [-0.15, -0.1) is 0 Å². The van der Waals surface area contributed by atoms with E-state index >= 15 is 0 Å². The highest BCUT2D eigenvalue weighted by molar-refractivity contribution is 6.30. The van der Waals surface area contributed by atoms with E-state index in [-0.39, 0.29) is 23.0 Å². The van der Waals surface area contributed by atoms with E-state index in [1.165, 1.54) is 6.20 Å². The molecule has 0 unspecified atom stereocenters. The summed E-state index contributed by atoms with van der Waals surface area (Å²) in [4.78, 5) is 21.3. The summed E-state index contributed by atoms with van der Waals surface area (Å²) in [5, 5.41) is 11.9. The zero-order valence-corrected chi connectivity index (χ0v) is 12.8. The minimum atomic E-state index is -0.498. The zero-order valence-electron chi connectivity index (χ0n) is 12.1. The van der Waals surface area contributed by atoms with Gasteiger partial charge in [0.05, 0.1) is 12.2 Å². The lowest BCUT2D eigenvalue weighted by molar-refractivity contribution is 0.0104. The molecule has 1 aliphatic heterocycles. The average Bonchev–Trinajstić information content (AvgIpc) is 2.31. The molecule has 0 spiro atoms. The summed E-state index contributed by atoms with van der Waals surface area (Å²) < 4.78 is 5.26. The van der Waals surface area contributed by atoms with Crippen molar-refractivity contribution in [2.75, 3.05) is 18.4 Å². The zero-order chi connectivity index (χ0) is 15.6. The maximum atomic E-state index is 11.8. The molecule has 1 N–H and O–H groups in total. The Labute approximate surface area is 127 Å². The molecule has 7 nitrogen and oxygen atoms in total. The van der Waals surface area contributed by atoms with Crippen molar-refractivity contribution in [3.05, 3.63) is 17.0 Å². The van der Waals surface area contributed by atoms with Crippen LogP contribution in [-0.4, -0.2) is 45.7 Å².